The monoisotopic (exact) mass is 400 g/mol. The summed E-state index contributed by atoms with van der Waals surface area (Å²) in [6.45, 7) is 2.06. The molecule has 1 saturated heterocycles. The summed E-state index contributed by atoms with van der Waals surface area (Å²) in [6, 6.07) is 1.55. The van der Waals surface area contributed by atoms with Crippen molar-refractivity contribution >= 4 is 52.3 Å². The topological polar surface area (TPSA) is 74.2 Å². The van der Waals surface area contributed by atoms with Gasteiger partial charge in [0.05, 0.1) is 16.4 Å². The van der Waals surface area contributed by atoms with Gasteiger partial charge in [-0.2, -0.15) is 15.0 Å². The van der Waals surface area contributed by atoms with Gasteiger partial charge >= 0.3 is 0 Å². The van der Waals surface area contributed by atoms with Gasteiger partial charge in [0, 0.05) is 27.2 Å². The molecule has 0 aliphatic carbocycles. The number of nitrogens with zero attached hydrogens (tertiary/aromatic N) is 5. The van der Waals surface area contributed by atoms with E-state index in [9.17, 15) is 4.79 Å². The SMILES string of the molecule is CN(C)c1nc(CNC(=O)c2cc(Cl)sc2Cl)nc(N2CCCC2)n1. The molecule has 3 rings (SSSR count). The van der Waals surface area contributed by atoms with Crippen LogP contribution in [0.2, 0.25) is 8.67 Å². The first-order valence-corrected chi connectivity index (χ1v) is 9.41. The van der Waals surface area contributed by atoms with E-state index in [1.807, 2.05) is 19.0 Å². The number of rotatable bonds is 5. The van der Waals surface area contributed by atoms with Crippen LogP contribution in [0.1, 0.15) is 29.0 Å². The molecule has 1 fully saturated rings. The van der Waals surface area contributed by atoms with E-state index in [0.29, 0.717) is 32.0 Å². The summed E-state index contributed by atoms with van der Waals surface area (Å²) in [5.41, 5.74) is 0.360. The van der Waals surface area contributed by atoms with Gasteiger partial charge in [0.2, 0.25) is 11.9 Å². The number of aromatic nitrogens is 3. The van der Waals surface area contributed by atoms with Crippen molar-refractivity contribution < 1.29 is 4.79 Å². The lowest BCUT2D eigenvalue weighted by atomic mass is 10.3. The maximum absolute atomic E-state index is 12.3. The standard InChI is InChI=1S/C15H18Cl2N6OS/c1-22(2)14-19-11(20-15(21-14)23-5-3-4-6-23)8-18-13(24)9-7-10(16)25-12(9)17/h7H,3-6,8H2,1-2H3,(H,18,24). The Labute approximate surface area is 160 Å². The van der Waals surface area contributed by atoms with Gasteiger partial charge in [-0.1, -0.05) is 23.2 Å². The summed E-state index contributed by atoms with van der Waals surface area (Å²) in [5.74, 6) is 1.42. The third kappa shape index (κ3) is 4.31. The van der Waals surface area contributed by atoms with Gasteiger partial charge in [-0.25, -0.2) is 0 Å². The van der Waals surface area contributed by atoms with Crippen molar-refractivity contribution in [1.82, 2.24) is 20.3 Å². The molecule has 1 N–H and O–H groups in total. The molecule has 0 aromatic carbocycles. The van der Waals surface area contributed by atoms with Crippen LogP contribution in [0.3, 0.4) is 0 Å². The predicted octanol–water partition coefficient (Wildman–Crippen LogP) is 2.84. The van der Waals surface area contributed by atoms with Gasteiger partial charge in [-0.15, -0.1) is 11.3 Å². The summed E-state index contributed by atoms with van der Waals surface area (Å²) in [6.07, 6.45) is 2.26. The molecule has 0 unspecified atom stereocenters. The van der Waals surface area contributed by atoms with Crippen molar-refractivity contribution in [3.8, 4) is 0 Å². The lowest BCUT2D eigenvalue weighted by Gasteiger charge is -2.18. The Hall–Kier alpha value is -1.64. The summed E-state index contributed by atoms with van der Waals surface area (Å²) in [7, 11) is 3.75. The molecule has 1 amide bonds. The van der Waals surface area contributed by atoms with Gasteiger partial charge in [0.25, 0.3) is 5.91 Å². The Morgan fingerprint density at radius 2 is 2.00 bits per heavy atom. The molecule has 1 aliphatic rings. The van der Waals surface area contributed by atoms with Crippen molar-refractivity contribution in [2.75, 3.05) is 37.0 Å². The van der Waals surface area contributed by atoms with Crippen molar-refractivity contribution in [3.63, 3.8) is 0 Å². The van der Waals surface area contributed by atoms with Crippen LogP contribution in [0.15, 0.2) is 6.07 Å². The number of nitrogens with one attached hydrogen (secondary N) is 1. The zero-order valence-electron chi connectivity index (χ0n) is 13.9. The van der Waals surface area contributed by atoms with Crippen molar-refractivity contribution in [2.24, 2.45) is 0 Å². The fourth-order valence-electron chi connectivity index (χ4n) is 2.48. The van der Waals surface area contributed by atoms with Crippen LogP contribution in [0, 0.1) is 0 Å². The lowest BCUT2D eigenvalue weighted by Crippen LogP contribution is -2.27. The van der Waals surface area contributed by atoms with Crippen LogP contribution in [-0.4, -0.2) is 48.0 Å². The zero-order valence-corrected chi connectivity index (χ0v) is 16.2. The Morgan fingerprint density at radius 3 is 2.60 bits per heavy atom. The number of carbonyl (C=O) groups excluding carboxylic acids is 1. The summed E-state index contributed by atoms with van der Waals surface area (Å²) >= 11 is 13.1. The first-order valence-electron chi connectivity index (χ1n) is 7.84. The van der Waals surface area contributed by atoms with Crippen LogP contribution >= 0.6 is 34.5 Å². The van der Waals surface area contributed by atoms with E-state index in [1.54, 1.807) is 6.07 Å². The van der Waals surface area contributed by atoms with Crippen LogP contribution in [0.4, 0.5) is 11.9 Å². The molecule has 1 aliphatic heterocycles. The first kappa shape index (κ1) is 18.2. The van der Waals surface area contributed by atoms with E-state index in [4.69, 9.17) is 23.2 Å². The number of carbonyl (C=O) groups is 1. The smallest absolute Gasteiger partial charge is 0.254 e. The van der Waals surface area contributed by atoms with Gasteiger partial charge in [-0.05, 0) is 18.9 Å². The molecule has 0 saturated carbocycles. The van der Waals surface area contributed by atoms with Crippen LogP contribution in [0.5, 0.6) is 0 Å². The summed E-state index contributed by atoms with van der Waals surface area (Å²) in [5, 5.41) is 2.79. The maximum atomic E-state index is 12.3. The molecule has 3 heterocycles. The van der Waals surface area contributed by atoms with Gasteiger partial charge in [-0.3, -0.25) is 4.79 Å². The largest absolute Gasteiger partial charge is 0.347 e. The van der Waals surface area contributed by atoms with Gasteiger partial charge in [0.15, 0.2) is 5.82 Å². The zero-order chi connectivity index (χ0) is 18.0. The number of anilines is 2. The van der Waals surface area contributed by atoms with Gasteiger partial charge < -0.3 is 15.1 Å². The second-order valence-corrected chi connectivity index (χ2v) is 8.15. The Balaban J connectivity index is 1.76. The Bertz CT molecular complexity index is 775. The predicted molar refractivity (Wildman–Crippen MR) is 101 cm³/mol. The third-order valence-corrected chi connectivity index (χ3v) is 5.24. The minimum absolute atomic E-state index is 0.187. The molecular formula is C15H18Cl2N6OS. The van der Waals surface area contributed by atoms with E-state index in [-0.39, 0.29) is 12.5 Å². The second-order valence-electron chi connectivity index (χ2n) is 5.86. The molecule has 134 valence electrons. The number of hydrogen-bond acceptors (Lipinski definition) is 7. The minimum Gasteiger partial charge on any atom is -0.347 e. The van der Waals surface area contributed by atoms with Crippen molar-refractivity contribution in [2.45, 2.75) is 19.4 Å². The Morgan fingerprint density at radius 1 is 1.28 bits per heavy atom. The highest BCUT2D eigenvalue weighted by Crippen LogP contribution is 2.31. The van der Waals surface area contributed by atoms with Crippen LogP contribution in [0.25, 0.3) is 0 Å². The maximum Gasteiger partial charge on any atom is 0.254 e. The fourth-order valence-corrected chi connectivity index (χ4v) is 3.94. The highest BCUT2D eigenvalue weighted by molar-refractivity contribution is 7.20. The molecule has 0 radical (unpaired) electrons. The van der Waals surface area contributed by atoms with Crippen LogP contribution in [-0.2, 0) is 6.54 Å². The van der Waals surface area contributed by atoms with E-state index >= 15 is 0 Å². The molecule has 10 heteroatoms. The van der Waals surface area contributed by atoms with Crippen LogP contribution < -0.4 is 15.1 Å². The molecule has 0 bridgehead atoms. The minimum atomic E-state index is -0.303. The molecule has 0 atom stereocenters. The quantitative estimate of drug-likeness (QED) is 0.831. The van der Waals surface area contributed by atoms with E-state index in [1.165, 1.54) is 0 Å². The summed E-state index contributed by atoms with van der Waals surface area (Å²) < 4.78 is 0.839. The van der Waals surface area contributed by atoms with Crippen molar-refractivity contribution in [3.05, 3.63) is 26.1 Å². The highest BCUT2D eigenvalue weighted by atomic mass is 35.5. The molecular weight excluding hydrogens is 383 g/mol. The number of hydrogen-bond donors (Lipinski definition) is 1. The summed E-state index contributed by atoms with van der Waals surface area (Å²) in [4.78, 5) is 29.6. The second kappa shape index (κ2) is 7.72. The molecule has 2 aromatic heterocycles. The first-order chi connectivity index (χ1) is 11.9. The molecule has 0 spiro atoms. The average molecular weight is 401 g/mol. The van der Waals surface area contributed by atoms with Gasteiger partial charge in [0.1, 0.15) is 4.34 Å². The van der Waals surface area contributed by atoms with E-state index < -0.39 is 0 Å². The highest BCUT2D eigenvalue weighted by Gasteiger charge is 2.19. The molecule has 2 aromatic rings. The Kier molecular flexibility index (Phi) is 5.61. The lowest BCUT2D eigenvalue weighted by molar-refractivity contribution is 0.0950. The molecule has 7 nitrogen and oxygen atoms in total. The average Bonchev–Trinajstić information content (AvgIpc) is 3.22. The van der Waals surface area contributed by atoms with E-state index in [2.05, 4.69) is 25.2 Å². The van der Waals surface area contributed by atoms with E-state index in [0.717, 1.165) is 37.3 Å². The normalized spacial score (nSPS) is 14.0. The number of thiophene rings is 1. The number of amides is 1. The molecule has 25 heavy (non-hydrogen) atoms. The fraction of sp³-hybridized carbons (Fsp3) is 0.467. The third-order valence-electron chi connectivity index (χ3n) is 3.76. The van der Waals surface area contributed by atoms with Crippen molar-refractivity contribution in [1.29, 1.82) is 0 Å². The number of halogens is 2.